The second-order valence-electron chi connectivity index (χ2n) is 4.71. The van der Waals surface area contributed by atoms with E-state index in [1.807, 2.05) is 11.9 Å². The zero-order valence-electron chi connectivity index (χ0n) is 10.0. The lowest BCUT2D eigenvalue weighted by atomic mass is 9.87. The molecule has 94 valence electrons. The van der Waals surface area contributed by atoms with Crippen LogP contribution in [0.15, 0.2) is 18.1 Å². The molecule has 0 aliphatic rings. The molecular formula is C11H16ClFN3P. The van der Waals surface area contributed by atoms with E-state index in [1.54, 1.807) is 0 Å². The molecule has 0 aromatic carbocycles. The molecule has 2 unspecified atom stereocenters. The highest BCUT2D eigenvalue weighted by molar-refractivity contribution is 7.20. The quantitative estimate of drug-likeness (QED) is 0.678. The first-order chi connectivity index (χ1) is 7.84. The molecule has 0 saturated carbocycles. The second-order valence-corrected chi connectivity index (χ2v) is 5.43. The molecule has 0 aliphatic heterocycles. The molecule has 0 radical (unpaired) electrons. The maximum Gasteiger partial charge on any atom is 0.224 e. The summed E-state index contributed by atoms with van der Waals surface area (Å²) in [5.74, 6) is 1.44. The zero-order chi connectivity index (χ0) is 13.1. The molecule has 0 fully saturated rings. The van der Waals surface area contributed by atoms with E-state index in [9.17, 15) is 4.39 Å². The average Bonchev–Trinajstić information content (AvgIpc) is 2.21. The molecule has 0 aliphatic carbocycles. The Morgan fingerprint density at radius 2 is 2.18 bits per heavy atom. The van der Waals surface area contributed by atoms with Gasteiger partial charge < -0.3 is 5.32 Å². The molecule has 2 atom stereocenters. The number of aromatic nitrogens is 2. The topological polar surface area (TPSA) is 37.8 Å². The molecular weight excluding hydrogens is 260 g/mol. The highest BCUT2D eigenvalue weighted by atomic mass is 35.5. The Morgan fingerprint density at radius 1 is 1.53 bits per heavy atom. The zero-order valence-corrected chi connectivity index (χ0v) is 11.9. The van der Waals surface area contributed by atoms with E-state index in [1.165, 1.54) is 0 Å². The van der Waals surface area contributed by atoms with Gasteiger partial charge in [-0.25, -0.2) is 9.37 Å². The number of hydrogen-bond donors (Lipinski definition) is 1. The summed E-state index contributed by atoms with van der Waals surface area (Å²) >= 11 is 5.64. The lowest BCUT2D eigenvalue weighted by molar-refractivity contribution is 0.383. The number of hydrogen-bond acceptors (Lipinski definition) is 3. The first kappa shape index (κ1) is 14.3. The van der Waals surface area contributed by atoms with Crippen LogP contribution in [0.2, 0.25) is 5.28 Å². The fraction of sp³-hybridized carbons (Fsp3) is 0.455. The second kappa shape index (κ2) is 5.74. The summed E-state index contributed by atoms with van der Waals surface area (Å²) < 4.78 is 13.5. The third kappa shape index (κ3) is 4.21. The molecule has 0 amide bonds. The largest absolute Gasteiger partial charge is 0.361 e. The molecule has 17 heavy (non-hydrogen) atoms. The van der Waals surface area contributed by atoms with Gasteiger partial charge in [0.15, 0.2) is 11.6 Å². The van der Waals surface area contributed by atoms with Gasteiger partial charge in [0.1, 0.15) is 0 Å². The molecule has 3 nitrogen and oxygen atoms in total. The summed E-state index contributed by atoms with van der Waals surface area (Å²) in [6.45, 7) is 6.15. The minimum Gasteiger partial charge on any atom is -0.361 e. The number of rotatable bonds is 3. The first-order valence-corrected chi connectivity index (χ1v) is 6.22. The van der Waals surface area contributed by atoms with Crippen LogP contribution in [-0.4, -0.2) is 16.0 Å². The third-order valence-electron chi connectivity index (χ3n) is 2.24. The van der Waals surface area contributed by atoms with E-state index in [0.29, 0.717) is 0 Å². The minimum atomic E-state index is -0.513. The Balaban J connectivity index is 2.97. The van der Waals surface area contributed by atoms with E-state index >= 15 is 0 Å². The van der Waals surface area contributed by atoms with Crippen LogP contribution in [0, 0.1) is 11.2 Å². The van der Waals surface area contributed by atoms with Crippen molar-refractivity contribution in [2.45, 2.75) is 26.8 Å². The lowest BCUT2D eigenvalue weighted by Crippen LogP contribution is -2.32. The van der Waals surface area contributed by atoms with Crippen molar-refractivity contribution >= 4 is 26.7 Å². The summed E-state index contributed by atoms with van der Waals surface area (Å²) in [5, 5.41) is 3.04. The van der Waals surface area contributed by atoms with Gasteiger partial charge in [-0.1, -0.05) is 32.7 Å². The van der Waals surface area contributed by atoms with Gasteiger partial charge in [-0.05, 0) is 17.0 Å². The molecule has 1 aromatic rings. The van der Waals surface area contributed by atoms with Crippen LogP contribution in [0.1, 0.15) is 20.8 Å². The molecule has 1 heterocycles. The van der Waals surface area contributed by atoms with Gasteiger partial charge >= 0.3 is 0 Å². The molecule has 1 rings (SSSR count). The third-order valence-corrected chi connectivity index (χ3v) is 2.65. The maximum atomic E-state index is 13.5. The molecule has 1 aromatic heterocycles. The number of nitrogens with zero attached hydrogens (tertiary/aromatic N) is 2. The fourth-order valence-electron chi connectivity index (χ4n) is 1.26. The van der Waals surface area contributed by atoms with Gasteiger partial charge in [-0.3, -0.25) is 0 Å². The van der Waals surface area contributed by atoms with Crippen LogP contribution in [0.4, 0.5) is 10.2 Å². The Bertz CT molecular complexity index is 418. The van der Waals surface area contributed by atoms with Crippen molar-refractivity contribution in [2.24, 2.45) is 5.41 Å². The maximum absolute atomic E-state index is 13.5. The molecule has 0 spiro atoms. The van der Waals surface area contributed by atoms with E-state index in [-0.39, 0.29) is 22.6 Å². The molecule has 1 N–H and O–H groups in total. The molecule has 0 bridgehead atoms. The Morgan fingerprint density at radius 3 is 2.71 bits per heavy atom. The van der Waals surface area contributed by atoms with Crippen LogP contribution in [0.3, 0.4) is 0 Å². The fourth-order valence-corrected chi connectivity index (χ4v) is 1.61. The van der Waals surface area contributed by atoms with Gasteiger partial charge in [0.25, 0.3) is 0 Å². The molecule has 6 heteroatoms. The van der Waals surface area contributed by atoms with Gasteiger partial charge in [-0.15, -0.1) is 9.24 Å². The van der Waals surface area contributed by atoms with E-state index in [2.05, 4.69) is 45.3 Å². The van der Waals surface area contributed by atoms with Crippen LogP contribution < -0.4 is 5.32 Å². The lowest BCUT2D eigenvalue weighted by Gasteiger charge is -2.29. The van der Waals surface area contributed by atoms with Gasteiger partial charge in [0, 0.05) is 0 Å². The Kier molecular flexibility index (Phi) is 4.84. The van der Waals surface area contributed by atoms with Crippen LogP contribution >= 0.6 is 20.8 Å². The van der Waals surface area contributed by atoms with Crippen LogP contribution in [0.25, 0.3) is 0 Å². The predicted molar refractivity (Wildman–Crippen MR) is 72.7 cm³/mol. The van der Waals surface area contributed by atoms with Crippen molar-refractivity contribution in [3.63, 3.8) is 0 Å². The normalized spacial score (nSPS) is 14.0. The SMILES string of the molecule is CC(C)(C)C(C=CP)Nc1nc(Cl)ncc1F. The van der Waals surface area contributed by atoms with Crippen molar-refractivity contribution < 1.29 is 4.39 Å². The van der Waals surface area contributed by atoms with Crippen molar-refractivity contribution in [3.05, 3.63) is 29.2 Å². The number of halogens is 2. The van der Waals surface area contributed by atoms with Gasteiger partial charge in [0.05, 0.1) is 12.2 Å². The number of anilines is 1. The summed E-state index contributed by atoms with van der Waals surface area (Å²) in [6.07, 6.45) is 2.99. The summed E-state index contributed by atoms with van der Waals surface area (Å²) in [4.78, 5) is 7.41. The Labute approximate surface area is 108 Å². The number of nitrogens with one attached hydrogen (secondary N) is 1. The van der Waals surface area contributed by atoms with Crippen molar-refractivity contribution in [2.75, 3.05) is 5.32 Å². The monoisotopic (exact) mass is 275 g/mol. The van der Waals surface area contributed by atoms with Crippen LogP contribution in [-0.2, 0) is 0 Å². The van der Waals surface area contributed by atoms with E-state index in [4.69, 9.17) is 11.6 Å². The van der Waals surface area contributed by atoms with Crippen molar-refractivity contribution in [1.29, 1.82) is 0 Å². The Hall–Kier alpha value is -0.730. The minimum absolute atomic E-state index is 0.0245. The predicted octanol–water partition coefficient (Wildman–Crippen LogP) is 3.48. The van der Waals surface area contributed by atoms with Crippen LogP contribution in [0.5, 0.6) is 0 Å². The highest BCUT2D eigenvalue weighted by Gasteiger charge is 2.23. The standard InChI is InChI=1S/C11H16ClFN3P/c1-11(2,3)8(4-5-17)15-9-7(13)6-14-10(12)16-9/h4-6,8H,17H2,1-3H3,(H,14,15,16). The molecule has 0 saturated heterocycles. The summed E-state index contributed by atoms with van der Waals surface area (Å²) in [7, 11) is 2.50. The summed E-state index contributed by atoms with van der Waals surface area (Å²) in [5.41, 5.74) is -0.0725. The van der Waals surface area contributed by atoms with Gasteiger partial charge in [-0.2, -0.15) is 4.98 Å². The summed E-state index contributed by atoms with van der Waals surface area (Å²) in [6, 6.07) is -0.0551. The van der Waals surface area contributed by atoms with E-state index in [0.717, 1.165) is 6.20 Å². The van der Waals surface area contributed by atoms with Crippen molar-refractivity contribution in [1.82, 2.24) is 9.97 Å². The van der Waals surface area contributed by atoms with Crippen molar-refractivity contribution in [3.8, 4) is 0 Å². The highest BCUT2D eigenvalue weighted by Crippen LogP contribution is 2.25. The average molecular weight is 276 g/mol. The van der Waals surface area contributed by atoms with Gasteiger partial charge in [0.2, 0.25) is 5.28 Å². The first-order valence-electron chi connectivity index (χ1n) is 5.17. The smallest absolute Gasteiger partial charge is 0.224 e. The van der Waals surface area contributed by atoms with E-state index < -0.39 is 5.82 Å².